The summed E-state index contributed by atoms with van der Waals surface area (Å²) >= 11 is 0. The van der Waals surface area contributed by atoms with Gasteiger partial charge in [-0.1, -0.05) is 164 Å². The van der Waals surface area contributed by atoms with Crippen LogP contribution >= 0.6 is 0 Å². The molecule has 53 heavy (non-hydrogen) atoms. The molecular formula is C49H32N4. The van der Waals surface area contributed by atoms with E-state index in [1.54, 1.807) is 0 Å². The average Bonchev–Trinajstić information content (AvgIpc) is 3.58. The highest BCUT2D eigenvalue weighted by Gasteiger charge is 2.14. The summed E-state index contributed by atoms with van der Waals surface area (Å²) in [5.41, 5.74) is 11.2. The van der Waals surface area contributed by atoms with E-state index in [9.17, 15) is 0 Å². The molecule has 0 radical (unpaired) electrons. The van der Waals surface area contributed by atoms with Gasteiger partial charge < -0.3 is 4.57 Å². The first-order valence-electron chi connectivity index (χ1n) is 17.9. The number of nitrogens with zero attached hydrogens (tertiary/aromatic N) is 4. The van der Waals surface area contributed by atoms with Crippen LogP contribution in [0.2, 0.25) is 0 Å². The van der Waals surface area contributed by atoms with Gasteiger partial charge in [-0.25, -0.2) is 15.0 Å². The summed E-state index contributed by atoms with van der Waals surface area (Å²) in [6.45, 7) is 0. The second-order valence-corrected chi connectivity index (χ2v) is 13.3. The molecule has 2 heterocycles. The summed E-state index contributed by atoms with van der Waals surface area (Å²) in [5, 5.41) is 4.95. The smallest absolute Gasteiger partial charge is 0.164 e. The van der Waals surface area contributed by atoms with Crippen LogP contribution in [0.15, 0.2) is 194 Å². The van der Waals surface area contributed by atoms with Crippen LogP contribution in [0.1, 0.15) is 0 Å². The topological polar surface area (TPSA) is 43.6 Å². The van der Waals surface area contributed by atoms with Gasteiger partial charge in [-0.05, 0) is 63.4 Å². The molecule has 0 aliphatic rings. The number of benzene rings is 8. The Morgan fingerprint density at radius 1 is 0.302 bits per heavy atom. The van der Waals surface area contributed by atoms with Gasteiger partial charge in [0.1, 0.15) is 0 Å². The highest BCUT2D eigenvalue weighted by Crippen LogP contribution is 2.35. The standard InChI is InChI=1S/C49H32N4/c1-3-12-35(13-4-1)47-50-48(36-14-5-2-6-15-36)52-49(51-47)37-24-22-34(23-25-37)41-19-11-16-39-32-38(28-31-42(39)41)33-26-29-40(30-27-33)53-45-20-9-7-17-43(45)44-18-8-10-21-46(44)53/h1-32H. The number of rotatable bonds is 6. The minimum atomic E-state index is 0.649. The molecule has 248 valence electrons. The lowest BCUT2D eigenvalue weighted by molar-refractivity contribution is 1.07. The summed E-state index contributed by atoms with van der Waals surface area (Å²) in [6, 6.07) is 68.2. The summed E-state index contributed by atoms with van der Waals surface area (Å²) in [7, 11) is 0. The van der Waals surface area contributed by atoms with Gasteiger partial charge in [-0.2, -0.15) is 0 Å². The van der Waals surface area contributed by atoms with E-state index in [1.807, 2.05) is 60.7 Å². The molecule has 0 aliphatic carbocycles. The Hall–Kier alpha value is -7.17. The highest BCUT2D eigenvalue weighted by molar-refractivity contribution is 6.09. The van der Waals surface area contributed by atoms with E-state index >= 15 is 0 Å². The normalized spacial score (nSPS) is 11.4. The van der Waals surface area contributed by atoms with Crippen molar-refractivity contribution in [3.05, 3.63) is 194 Å². The van der Waals surface area contributed by atoms with Crippen molar-refractivity contribution in [2.24, 2.45) is 0 Å². The van der Waals surface area contributed by atoms with Crippen LogP contribution in [0.5, 0.6) is 0 Å². The van der Waals surface area contributed by atoms with E-state index in [-0.39, 0.29) is 0 Å². The molecule has 0 atom stereocenters. The molecule has 0 saturated carbocycles. The lowest BCUT2D eigenvalue weighted by Crippen LogP contribution is -2.00. The molecule has 0 saturated heterocycles. The average molecular weight is 677 g/mol. The summed E-state index contributed by atoms with van der Waals surface area (Å²) in [5.74, 6) is 1.96. The van der Waals surface area contributed by atoms with Gasteiger partial charge >= 0.3 is 0 Å². The van der Waals surface area contributed by atoms with Gasteiger partial charge in [0, 0.05) is 33.2 Å². The first kappa shape index (κ1) is 30.6. The Kier molecular flexibility index (Phi) is 7.43. The van der Waals surface area contributed by atoms with E-state index < -0.39 is 0 Å². The molecular weight excluding hydrogens is 645 g/mol. The van der Waals surface area contributed by atoms with Gasteiger partial charge in [0.05, 0.1) is 11.0 Å². The summed E-state index contributed by atoms with van der Waals surface area (Å²) < 4.78 is 2.36. The zero-order valence-electron chi connectivity index (χ0n) is 28.8. The quantitative estimate of drug-likeness (QED) is 0.176. The predicted octanol–water partition coefficient (Wildman–Crippen LogP) is 12.5. The number of hydrogen-bond donors (Lipinski definition) is 0. The van der Waals surface area contributed by atoms with E-state index in [1.165, 1.54) is 49.3 Å². The molecule has 0 fully saturated rings. The summed E-state index contributed by atoms with van der Waals surface area (Å²) in [4.78, 5) is 14.7. The fraction of sp³-hybridized carbons (Fsp3) is 0. The zero-order chi connectivity index (χ0) is 35.1. The Morgan fingerprint density at radius 2 is 0.774 bits per heavy atom. The van der Waals surface area contributed by atoms with E-state index in [2.05, 4.69) is 138 Å². The third kappa shape index (κ3) is 5.54. The third-order valence-corrected chi connectivity index (χ3v) is 10.1. The maximum absolute atomic E-state index is 4.91. The number of para-hydroxylation sites is 2. The first-order valence-corrected chi connectivity index (χ1v) is 17.9. The van der Waals surface area contributed by atoms with E-state index in [0.29, 0.717) is 17.5 Å². The number of hydrogen-bond acceptors (Lipinski definition) is 3. The molecule has 10 aromatic rings. The van der Waals surface area contributed by atoms with Crippen molar-refractivity contribution >= 4 is 32.6 Å². The maximum atomic E-state index is 4.91. The second-order valence-electron chi connectivity index (χ2n) is 13.3. The minimum absolute atomic E-state index is 0.649. The van der Waals surface area contributed by atoms with Crippen molar-refractivity contribution in [2.75, 3.05) is 0 Å². The molecule has 4 heteroatoms. The van der Waals surface area contributed by atoms with Crippen molar-refractivity contribution in [2.45, 2.75) is 0 Å². The van der Waals surface area contributed by atoms with Crippen LogP contribution in [0, 0.1) is 0 Å². The van der Waals surface area contributed by atoms with Crippen molar-refractivity contribution in [1.82, 2.24) is 19.5 Å². The van der Waals surface area contributed by atoms with Crippen LogP contribution < -0.4 is 0 Å². The maximum Gasteiger partial charge on any atom is 0.164 e. The van der Waals surface area contributed by atoms with Gasteiger partial charge in [0.25, 0.3) is 0 Å². The SMILES string of the molecule is c1ccc(-c2nc(-c3ccccc3)nc(-c3ccc(-c4cccc5cc(-c6ccc(-n7c8ccccc8c8ccccc87)cc6)ccc45)cc3)n2)cc1. The molecule has 2 aromatic heterocycles. The Bertz CT molecular complexity index is 2800. The van der Waals surface area contributed by atoms with Gasteiger partial charge in [-0.3, -0.25) is 0 Å². The van der Waals surface area contributed by atoms with E-state index in [4.69, 9.17) is 15.0 Å². The van der Waals surface area contributed by atoms with Crippen molar-refractivity contribution < 1.29 is 0 Å². The van der Waals surface area contributed by atoms with Crippen LogP contribution in [-0.2, 0) is 0 Å². The molecule has 8 aromatic carbocycles. The van der Waals surface area contributed by atoms with Crippen LogP contribution in [-0.4, -0.2) is 19.5 Å². The number of fused-ring (bicyclic) bond motifs is 4. The third-order valence-electron chi connectivity index (χ3n) is 10.1. The highest BCUT2D eigenvalue weighted by atomic mass is 15.0. The van der Waals surface area contributed by atoms with E-state index in [0.717, 1.165) is 27.9 Å². The molecule has 0 spiro atoms. The van der Waals surface area contributed by atoms with Crippen LogP contribution in [0.4, 0.5) is 0 Å². The minimum Gasteiger partial charge on any atom is -0.309 e. The van der Waals surface area contributed by atoms with Gasteiger partial charge in [0.2, 0.25) is 0 Å². The monoisotopic (exact) mass is 676 g/mol. The van der Waals surface area contributed by atoms with Gasteiger partial charge in [-0.15, -0.1) is 0 Å². The van der Waals surface area contributed by atoms with Crippen molar-refractivity contribution in [1.29, 1.82) is 0 Å². The zero-order valence-corrected chi connectivity index (χ0v) is 28.8. The molecule has 0 N–H and O–H groups in total. The molecule has 0 amide bonds. The lowest BCUT2D eigenvalue weighted by atomic mass is 9.94. The fourth-order valence-electron chi connectivity index (χ4n) is 7.46. The Labute approximate surface area is 307 Å². The molecule has 10 rings (SSSR count). The van der Waals surface area contributed by atoms with Crippen LogP contribution in [0.3, 0.4) is 0 Å². The molecule has 0 unspecified atom stereocenters. The Balaban J connectivity index is 0.972. The van der Waals surface area contributed by atoms with Crippen LogP contribution in [0.25, 0.3) is 94.7 Å². The first-order chi connectivity index (χ1) is 26.3. The van der Waals surface area contributed by atoms with Gasteiger partial charge in [0.15, 0.2) is 17.5 Å². The molecule has 0 bridgehead atoms. The van der Waals surface area contributed by atoms with Crippen molar-refractivity contribution in [3.8, 4) is 62.1 Å². The fourth-order valence-corrected chi connectivity index (χ4v) is 7.46. The second kappa shape index (κ2) is 12.9. The Morgan fingerprint density at radius 3 is 1.36 bits per heavy atom. The molecule has 4 nitrogen and oxygen atoms in total. The number of aromatic nitrogens is 4. The largest absolute Gasteiger partial charge is 0.309 e. The molecule has 0 aliphatic heterocycles. The summed E-state index contributed by atoms with van der Waals surface area (Å²) in [6.07, 6.45) is 0. The van der Waals surface area contributed by atoms with Crippen molar-refractivity contribution in [3.63, 3.8) is 0 Å². The lowest BCUT2D eigenvalue weighted by Gasteiger charge is -2.12. The predicted molar refractivity (Wildman–Crippen MR) is 219 cm³/mol.